The third kappa shape index (κ3) is 4.66. The Balaban J connectivity index is 2.11. The van der Waals surface area contributed by atoms with Crippen LogP contribution in [0.25, 0.3) is 0 Å². The van der Waals surface area contributed by atoms with Crippen LogP contribution in [-0.2, 0) is 4.79 Å². The molecule has 23 heavy (non-hydrogen) atoms. The maximum atomic E-state index is 12.5. The zero-order chi connectivity index (χ0) is 17.0. The Hall–Kier alpha value is -1.65. The molecule has 0 saturated carbocycles. The van der Waals surface area contributed by atoms with E-state index in [9.17, 15) is 4.79 Å². The van der Waals surface area contributed by atoms with Gasteiger partial charge in [0, 0.05) is 9.92 Å². The highest BCUT2D eigenvalue weighted by atomic mass is 35.5. The van der Waals surface area contributed by atoms with E-state index in [1.807, 2.05) is 20.8 Å². The molecule has 2 rings (SSSR count). The van der Waals surface area contributed by atoms with E-state index in [2.05, 4.69) is 23.5 Å². The van der Waals surface area contributed by atoms with E-state index in [4.69, 9.17) is 16.3 Å². The average molecular weight is 350 g/mol. The van der Waals surface area contributed by atoms with Gasteiger partial charge in [0.2, 0.25) is 5.91 Å². The minimum absolute atomic E-state index is 0.0866. The van der Waals surface area contributed by atoms with Crippen molar-refractivity contribution in [3.05, 3.63) is 52.5 Å². The first-order chi connectivity index (χ1) is 10.9. The molecule has 1 unspecified atom stereocenters. The van der Waals surface area contributed by atoms with Crippen molar-refractivity contribution in [1.82, 2.24) is 0 Å². The molecule has 0 aliphatic rings. The smallest absolute Gasteiger partial charge is 0.237 e. The molecule has 0 radical (unpaired) electrons. The summed E-state index contributed by atoms with van der Waals surface area (Å²) in [6.07, 6.45) is 0. The number of halogens is 1. The van der Waals surface area contributed by atoms with Crippen molar-refractivity contribution in [3.8, 4) is 5.75 Å². The lowest BCUT2D eigenvalue weighted by Gasteiger charge is -2.15. The van der Waals surface area contributed by atoms with Crippen LogP contribution in [-0.4, -0.2) is 18.3 Å². The molecule has 1 atom stereocenters. The number of hydrogen-bond acceptors (Lipinski definition) is 3. The van der Waals surface area contributed by atoms with Crippen LogP contribution in [0.5, 0.6) is 5.75 Å². The van der Waals surface area contributed by atoms with Crippen molar-refractivity contribution in [3.63, 3.8) is 0 Å². The third-order valence-corrected chi connectivity index (χ3v) is 4.93. The van der Waals surface area contributed by atoms with E-state index < -0.39 is 0 Å². The number of methoxy groups -OCH3 is 1. The number of aryl methyl sites for hydroxylation is 2. The van der Waals surface area contributed by atoms with E-state index in [1.54, 1.807) is 37.1 Å². The van der Waals surface area contributed by atoms with Crippen LogP contribution in [0.1, 0.15) is 18.1 Å². The molecular formula is C18H20ClNO2S. The second-order valence-electron chi connectivity index (χ2n) is 5.36. The standard InChI is InChI=1S/C18H20ClNO2S/c1-11-5-6-12(2)17(9-11)23-13(3)18(21)20-15-10-14(19)7-8-16(15)22-4/h5-10,13H,1-4H3,(H,20,21). The molecule has 0 aliphatic heterocycles. The zero-order valence-electron chi connectivity index (χ0n) is 13.6. The first kappa shape index (κ1) is 17.7. The van der Waals surface area contributed by atoms with Gasteiger partial charge in [-0.15, -0.1) is 11.8 Å². The summed E-state index contributed by atoms with van der Waals surface area (Å²) < 4.78 is 5.25. The lowest BCUT2D eigenvalue weighted by Crippen LogP contribution is -2.22. The number of hydrogen-bond donors (Lipinski definition) is 1. The van der Waals surface area contributed by atoms with Crippen LogP contribution in [0.2, 0.25) is 5.02 Å². The molecule has 0 fully saturated rings. The number of rotatable bonds is 5. The van der Waals surface area contributed by atoms with Gasteiger partial charge < -0.3 is 10.1 Å². The number of amides is 1. The van der Waals surface area contributed by atoms with Crippen LogP contribution in [0.4, 0.5) is 5.69 Å². The summed E-state index contributed by atoms with van der Waals surface area (Å²) in [4.78, 5) is 13.6. The molecule has 1 N–H and O–H groups in total. The van der Waals surface area contributed by atoms with E-state index in [0.717, 1.165) is 4.90 Å². The van der Waals surface area contributed by atoms with Crippen LogP contribution in [0.15, 0.2) is 41.3 Å². The van der Waals surface area contributed by atoms with Gasteiger partial charge in [0.15, 0.2) is 0 Å². The number of carbonyl (C=O) groups is 1. The SMILES string of the molecule is COc1ccc(Cl)cc1NC(=O)C(C)Sc1cc(C)ccc1C. The first-order valence-electron chi connectivity index (χ1n) is 7.29. The van der Waals surface area contributed by atoms with Crippen molar-refractivity contribution >= 4 is 35.0 Å². The predicted molar refractivity (Wildman–Crippen MR) is 97.9 cm³/mol. The number of carbonyl (C=O) groups excluding carboxylic acids is 1. The Labute approximate surface area is 146 Å². The molecule has 0 spiro atoms. The summed E-state index contributed by atoms with van der Waals surface area (Å²) in [5, 5.41) is 3.20. The largest absolute Gasteiger partial charge is 0.495 e. The van der Waals surface area contributed by atoms with Crippen LogP contribution in [0, 0.1) is 13.8 Å². The van der Waals surface area contributed by atoms with Crippen molar-refractivity contribution in [2.75, 3.05) is 12.4 Å². The fraction of sp³-hybridized carbons (Fsp3) is 0.278. The number of anilines is 1. The summed E-state index contributed by atoms with van der Waals surface area (Å²) in [5.74, 6) is 0.503. The monoisotopic (exact) mass is 349 g/mol. The van der Waals surface area contributed by atoms with E-state index in [0.29, 0.717) is 16.5 Å². The van der Waals surface area contributed by atoms with Gasteiger partial charge in [-0.05, 0) is 50.6 Å². The van der Waals surface area contributed by atoms with E-state index >= 15 is 0 Å². The minimum Gasteiger partial charge on any atom is -0.495 e. The van der Waals surface area contributed by atoms with E-state index in [-0.39, 0.29) is 11.2 Å². The Morgan fingerprint density at radius 2 is 1.96 bits per heavy atom. The van der Waals surface area contributed by atoms with Crippen LogP contribution < -0.4 is 10.1 Å². The summed E-state index contributed by atoms with van der Waals surface area (Å²) in [6, 6.07) is 11.4. The lowest BCUT2D eigenvalue weighted by molar-refractivity contribution is -0.115. The Morgan fingerprint density at radius 1 is 1.22 bits per heavy atom. The maximum absolute atomic E-state index is 12.5. The quantitative estimate of drug-likeness (QED) is 0.764. The number of benzene rings is 2. The highest BCUT2D eigenvalue weighted by Gasteiger charge is 2.17. The number of nitrogens with one attached hydrogen (secondary N) is 1. The molecule has 0 aliphatic carbocycles. The molecule has 2 aromatic rings. The Morgan fingerprint density at radius 3 is 2.65 bits per heavy atom. The van der Waals surface area contributed by atoms with Gasteiger partial charge in [0.05, 0.1) is 18.0 Å². The minimum atomic E-state index is -0.237. The molecule has 0 heterocycles. The molecule has 0 aromatic heterocycles. The van der Waals surface area contributed by atoms with Crippen molar-refractivity contribution < 1.29 is 9.53 Å². The number of ether oxygens (including phenoxy) is 1. The topological polar surface area (TPSA) is 38.3 Å². The fourth-order valence-electron chi connectivity index (χ4n) is 2.09. The highest BCUT2D eigenvalue weighted by Crippen LogP contribution is 2.31. The highest BCUT2D eigenvalue weighted by molar-refractivity contribution is 8.00. The van der Waals surface area contributed by atoms with Crippen molar-refractivity contribution in [2.45, 2.75) is 30.9 Å². The molecule has 5 heteroatoms. The first-order valence-corrected chi connectivity index (χ1v) is 8.55. The molecule has 0 saturated heterocycles. The van der Waals surface area contributed by atoms with E-state index in [1.165, 1.54) is 11.1 Å². The molecule has 1 amide bonds. The molecular weight excluding hydrogens is 330 g/mol. The third-order valence-electron chi connectivity index (χ3n) is 3.44. The van der Waals surface area contributed by atoms with Crippen LogP contribution in [0.3, 0.4) is 0 Å². The van der Waals surface area contributed by atoms with Gasteiger partial charge in [-0.1, -0.05) is 29.3 Å². The van der Waals surface area contributed by atoms with Gasteiger partial charge >= 0.3 is 0 Å². The van der Waals surface area contributed by atoms with Gasteiger partial charge in [-0.2, -0.15) is 0 Å². The zero-order valence-corrected chi connectivity index (χ0v) is 15.2. The Kier molecular flexibility index (Phi) is 5.97. The van der Waals surface area contributed by atoms with Crippen LogP contribution >= 0.6 is 23.4 Å². The fourth-order valence-corrected chi connectivity index (χ4v) is 3.32. The summed E-state index contributed by atoms with van der Waals surface area (Å²) >= 11 is 7.54. The average Bonchev–Trinajstić information content (AvgIpc) is 2.51. The second-order valence-corrected chi connectivity index (χ2v) is 7.18. The van der Waals surface area contributed by atoms with Crippen molar-refractivity contribution in [1.29, 1.82) is 0 Å². The number of thioether (sulfide) groups is 1. The molecule has 122 valence electrons. The Bertz CT molecular complexity index is 718. The molecule has 3 nitrogen and oxygen atoms in total. The summed E-state index contributed by atoms with van der Waals surface area (Å²) in [6.45, 7) is 5.98. The van der Waals surface area contributed by atoms with Crippen molar-refractivity contribution in [2.24, 2.45) is 0 Å². The normalized spacial score (nSPS) is 11.9. The molecule has 2 aromatic carbocycles. The maximum Gasteiger partial charge on any atom is 0.237 e. The van der Waals surface area contributed by atoms with Gasteiger partial charge in [0.25, 0.3) is 0 Å². The lowest BCUT2D eigenvalue weighted by atomic mass is 10.2. The van der Waals surface area contributed by atoms with Gasteiger partial charge in [-0.25, -0.2) is 0 Å². The summed E-state index contributed by atoms with van der Waals surface area (Å²) in [5.41, 5.74) is 2.93. The second kappa shape index (κ2) is 7.75. The molecule has 0 bridgehead atoms. The van der Waals surface area contributed by atoms with Gasteiger partial charge in [-0.3, -0.25) is 4.79 Å². The predicted octanol–water partition coefficient (Wildman–Crippen LogP) is 5.08. The van der Waals surface area contributed by atoms with Gasteiger partial charge in [0.1, 0.15) is 5.75 Å². The summed E-state index contributed by atoms with van der Waals surface area (Å²) in [7, 11) is 1.56.